The van der Waals surface area contributed by atoms with Gasteiger partial charge < -0.3 is 0 Å². The van der Waals surface area contributed by atoms with Crippen LogP contribution in [-0.2, 0) is 12.8 Å². The molecule has 1 aromatic carbocycles. The normalized spacial score (nSPS) is 16.7. The van der Waals surface area contributed by atoms with E-state index in [0.717, 1.165) is 10.7 Å². The first-order chi connectivity index (χ1) is 11.2. The van der Waals surface area contributed by atoms with Crippen LogP contribution >= 0.6 is 11.3 Å². The number of aliphatic imine (C=N–C) groups is 1. The van der Waals surface area contributed by atoms with Crippen molar-refractivity contribution in [1.82, 2.24) is 4.98 Å². The Bertz CT molecular complexity index is 754. The molecule has 2 atom stereocenters. The fraction of sp³-hybridized carbons (Fsp3) is 0.421. The second kappa shape index (κ2) is 7.06. The maximum absolute atomic E-state index is 9.36. The van der Waals surface area contributed by atoms with Crippen molar-refractivity contribution in [1.29, 1.82) is 5.26 Å². The van der Waals surface area contributed by atoms with Crippen LogP contribution in [0.25, 0.3) is 0 Å². The topological polar surface area (TPSA) is 49.0 Å². The number of nitrogens with zero attached hydrogens (tertiary/aromatic N) is 3. The highest BCUT2D eigenvalue weighted by molar-refractivity contribution is 7.09. The summed E-state index contributed by atoms with van der Waals surface area (Å²) >= 11 is 1.52. The molecular weight excluding hydrogens is 302 g/mol. The molecule has 0 amide bonds. The van der Waals surface area contributed by atoms with Crippen LogP contribution in [0.5, 0.6) is 0 Å². The van der Waals surface area contributed by atoms with Gasteiger partial charge in [0.2, 0.25) is 0 Å². The Morgan fingerprint density at radius 1 is 1.30 bits per heavy atom. The van der Waals surface area contributed by atoms with Crippen molar-refractivity contribution in [2.45, 2.75) is 51.5 Å². The quantitative estimate of drug-likeness (QED) is 0.761. The Morgan fingerprint density at radius 3 is 2.78 bits per heavy atom. The van der Waals surface area contributed by atoms with Crippen LogP contribution in [0.15, 0.2) is 28.6 Å². The summed E-state index contributed by atoms with van der Waals surface area (Å²) in [5, 5.41) is 12.2. The monoisotopic (exact) mass is 323 g/mol. The third-order valence-electron chi connectivity index (χ3n) is 4.36. The number of fused-ring (bicyclic) bond motifs is 1. The fourth-order valence-electron chi connectivity index (χ4n) is 2.98. The highest BCUT2D eigenvalue weighted by Gasteiger charge is 2.14. The molecule has 1 aliphatic carbocycles. The molecule has 118 valence electrons. The number of hydrogen-bond donors (Lipinski definition) is 0. The van der Waals surface area contributed by atoms with Crippen molar-refractivity contribution < 1.29 is 0 Å². The van der Waals surface area contributed by atoms with Crippen molar-refractivity contribution in [3.8, 4) is 6.07 Å². The zero-order valence-corrected chi connectivity index (χ0v) is 14.4. The van der Waals surface area contributed by atoms with Gasteiger partial charge in [-0.3, -0.25) is 4.99 Å². The molecule has 1 heterocycles. The summed E-state index contributed by atoms with van der Waals surface area (Å²) in [6, 6.07) is 9.09. The Hall–Kier alpha value is -1.99. The highest BCUT2D eigenvalue weighted by Crippen LogP contribution is 2.26. The van der Waals surface area contributed by atoms with Gasteiger partial charge in [-0.05, 0) is 56.2 Å². The number of hydrogen-bond acceptors (Lipinski definition) is 4. The van der Waals surface area contributed by atoms with Crippen LogP contribution in [0.1, 0.15) is 59.1 Å². The predicted molar refractivity (Wildman–Crippen MR) is 95.2 cm³/mol. The van der Waals surface area contributed by atoms with Crippen molar-refractivity contribution in [2.75, 3.05) is 0 Å². The minimum atomic E-state index is -0.353. The van der Waals surface area contributed by atoms with E-state index in [1.54, 1.807) is 6.21 Å². The zero-order valence-electron chi connectivity index (χ0n) is 13.6. The van der Waals surface area contributed by atoms with Crippen LogP contribution in [0.2, 0.25) is 0 Å². The number of thiazole rings is 1. The SMILES string of the molecule is Cc1csc([C@@H](C#N)C=N[C@@H](C)c2ccc3c(c2)CCCC3)n1. The molecule has 0 N–H and O–H groups in total. The van der Waals surface area contributed by atoms with Crippen LogP contribution in [0.3, 0.4) is 0 Å². The molecule has 1 aliphatic rings. The van der Waals surface area contributed by atoms with E-state index in [1.807, 2.05) is 12.3 Å². The summed E-state index contributed by atoms with van der Waals surface area (Å²) in [5.74, 6) is -0.353. The molecule has 0 bridgehead atoms. The van der Waals surface area contributed by atoms with Gasteiger partial charge in [-0.25, -0.2) is 4.98 Å². The molecular formula is C19H21N3S. The van der Waals surface area contributed by atoms with Gasteiger partial charge in [0.1, 0.15) is 10.9 Å². The lowest BCUT2D eigenvalue weighted by atomic mass is 9.89. The van der Waals surface area contributed by atoms with Crippen LogP contribution in [0, 0.1) is 18.3 Å². The first kappa shape index (κ1) is 15.9. The molecule has 0 unspecified atom stereocenters. The standard InChI is InChI=1S/C19H21N3S/c1-13-12-23-19(22-13)18(10-20)11-21-14(2)16-8-7-15-5-3-4-6-17(15)9-16/h7-9,11-12,14,18H,3-6H2,1-2H3/t14-,18-/m0/s1. The Kier molecular flexibility index (Phi) is 4.88. The zero-order chi connectivity index (χ0) is 16.2. The third kappa shape index (κ3) is 3.68. The lowest BCUT2D eigenvalue weighted by molar-refractivity contribution is 0.681. The van der Waals surface area contributed by atoms with Gasteiger partial charge in [0, 0.05) is 17.3 Å². The van der Waals surface area contributed by atoms with E-state index in [1.165, 1.54) is 53.7 Å². The van der Waals surface area contributed by atoms with E-state index in [0.29, 0.717) is 0 Å². The number of benzene rings is 1. The first-order valence-corrected chi connectivity index (χ1v) is 9.02. The average Bonchev–Trinajstić information content (AvgIpc) is 3.01. The molecule has 1 aromatic heterocycles. The van der Waals surface area contributed by atoms with E-state index in [9.17, 15) is 5.26 Å². The maximum Gasteiger partial charge on any atom is 0.133 e. The summed E-state index contributed by atoms with van der Waals surface area (Å²) in [7, 11) is 0. The van der Waals surface area contributed by atoms with Crippen molar-refractivity contribution in [2.24, 2.45) is 4.99 Å². The van der Waals surface area contributed by atoms with Crippen LogP contribution in [-0.4, -0.2) is 11.2 Å². The number of nitriles is 1. The van der Waals surface area contributed by atoms with Gasteiger partial charge in [0.05, 0.1) is 12.1 Å². The lowest BCUT2D eigenvalue weighted by Gasteiger charge is -2.18. The average molecular weight is 323 g/mol. The summed E-state index contributed by atoms with van der Waals surface area (Å²) in [4.78, 5) is 9.01. The Labute approximate surface area is 141 Å². The molecule has 0 fully saturated rings. The number of aromatic nitrogens is 1. The van der Waals surface area contributed by atoms with Crippen LogP contribution < -0.4 is 0 Å². The maximum atomic E-state index is 9.36. The van der Waals surface area contributed by atoms with Gasteiger partial charge >= 0.3 is 0 Å². The van der Waals surface area contributed by atoms with E-state index in [-0.39, 0.29) is 12.0 Å². The summed E-state index contributed by atoms with van der Waals surface area (Å²) < 4.78 is 0. The Balaban J connectivity index is 1.75. The fourth-order valence-corrected chi connectivity index (χ4v) is 3.78. The highest BCUT2D eigenvalue weighted by atomic mass is 32.1. The third-order valence-corrected chi connectivity index (χ3v) is 5.40. The second-order valence-electron chi connectivity index (χ2n) is 6.14. The van der Waals surface area contributed by atoms with Crippen molar-refractivity contribution in [3.05, 3.63) is 51.0 Å². The van der Waals surface area contributed by atoms with E-state index >= 15 is 0 Å². The Morgan fingerprint density at radius 2 is 2.09 bits per heavy atom. The van der Waals surface area contributed by atoms with Gasteiger partial charge in [-0.1, -0.05) is 18.2 Å². The molecule has 3 nitrogen and oxygen atoms in total. The van der Waals surface area contributed by atoms with Gasteiger partial charge in [-0.15, -0.1) is 11.3 Å². The smallest absolute Gasteiger partial charge is 0.133 e. The van der Waals surface area contributed by atoms with Crippen LogP contribution in [0.4, 0.5) is 0 Å². The van der Waals surface area contributed by atoms with E-state index < -0.39 is 0 Å². The molecule has 2 aromatic rings. The largest absolute Gasteiger partial charge is 0.288 e. The van der Waals surface area contributed by atoms with E-state index in [2.05, 4.69) is 41.2 Å². The molecule has 4 heteroatoms. The molecule has 0 aliphatic heterocycles. The second-order valence-corrected chi connectivity index (χ2v) is 7.03. The van der Waals surface area contributed by atoms with Gasteiger partial charge in [0.15, 0.2) is 0 Å². The summed E-state index contributed by atoms with van der Waals surface area (Å²) in [6.07, 6.45) is 6.72. The molecule has 0 saturated heterocycles. The van der Waals surface area contributed by atoms with Gasteiger partial charge in [0.25, 0.3) is 0 Å². The van der Waals surface area contributed by atoms with E-state index in [4.69, 9.17) is 0 Å². The summed E-state index contributed by atoms with van der Waals surface area (Å²) in [6.45, 7) is 4.03. The predicted octanol–water partition coefficient (Wildman–Crippen LogP) is 4.77. The molecule has 23 heavy (non-hydrogen) atoms. The number of rotatable bonds is 4. The minimum Gasteiger partial charge on any atom is -0.288 e. The van der Waals surface area contributed by atoms with Gasteiger partial charge in [-0.2, -0.15) is 5.26 Å². The van der Waals surface area contributed by atoms with Crippen molar-refractivity contribution >= 4 is 17.6 Å². The molecule has 3 rings (SSSR count). The first-order valence-electron chi connectivity index (χ1n) is 8.14. The lowest BCUT2D eigenvalue weighted by Crippen LogP contribution is -2.04. The summed E-state index contributed by atoms with van der Waals surface area (Å²) in [5.41, 5.74) is 5.16. The molecule has 0 spiro atoms. The molecule has 0 saturated carbocycles. The molecule has 0 radical (unpaired) electrons. The number of aryl methyl sites for hydroxylation is 3. The van der Waals surface area contributed by atoms with Crippen molar-refractivity contribution in [3.63, 3.8) is 0 Å². The minimum absolute atomic E-state index is 0.0686.